The molecule has 0 atom stereocenters. The van der Waals surface area contributed by atoms with E-state index in [0.717, 1.165) is 22.6 Å². The van der Waals surface area contributed by atoms with Crippen LogP contribution in [0.3, 0.4) is 0 Å². The summed E-state index contributed by atoms with van der Waals surface area (Å²) in [6, 6.07) is 20.0. The maximum Gasteiger partial charge on any atom is 0.269 e. The first-order valence-electron chi connectivity index (χ1n) is 8.46. The van der Waals surface area contributed by atoms with Crippen LogP contribution in [0.2, 0.25) is 5.02 Å². The van der Waals surface area contributed by atoms with Crippen molar-refractivity contribution in [2.24, 2.45) is 0 Å². The van der Waals surface area contributed by atoms with Gasteiger partial charge in [0.15, 0.2) is 0 Å². The quantitative estimate of drug-likeness (QED) is 0.417. The van der Waals surface area contributed by atoms with Gasteiger partial charge in [-0.2, -0.15) is 0 Å². The molecule has 6 heteroatoms. The standard InChI is InChI=1S/C21H19ClN2O3/c1-15-2-4-16(5-3-15)14-27-21-11-6-18(22)12-17(21)13-23-19-7-9-20(10-8-19)24(25)26/h2-12,23H,13-14H2,1H3. The Balaban J connectivity index is 1.68. The molecular formula is C21H19ClN2O3. The second kappa shape index (κ2) is 8.56. The van der Waals surface area contributed by atoms with Crippen LogP contribution in [0.4, 0.5) is 11.4 Å². The summed E-state index contributed by atoms with van der Waals surface area (Å²) in [5.41, 5.74) is 4.05. The fraction of sp³-hybridized carbons (Fsp3) is 0.143. The number of benzene rings is 3. The molecule has 0 radical (unpaired) electrons. The number of nitro groups is 1. The van der Waals surface area contributed by atoms with E-state index in [1.165, 1.54) is 17.7 Å². The van der Waals surface area contributed by atoms with Gasteiger partial charge in [-0.05, 0) is 42.8 Å². The summed E-state index contributed by atoms with van der Waals surface area (Å²) in [6.45, 7) is 3.00. The molecule has 3 aromatic carbocycles. The Labute approximate surface area is 162 Å². The Morgan fingerprint density at radius 3 is 2.41 bits per heavy atom. The van der Waals surface area contributed by atoms with Gasteiger partial charge >= 0.3 is 0 Å². The Bertz CT molecular complexity index is 925. The van der Waals surface area contributed by atoms with Gasteiger partial charge in [0.2, 0.25) is 0 Å². The molecule has 0 spiro atoms. The zero-order valence-corrected chi connectivity index (χ0v) is 15.6. The molecule has 0 aliphatic carbocycles. The number of non-ortho nitro benzene ring substituents is 1. The summed E-state index contributed by atoms with van der Waals surface area (Å²) < 4.78 is 5.97. The van der Waals surface area contributed by atoms with E-state index >= 15 is 0 Å². The first-order chi connectivity index (χ1) is 13.0. The molecule has 3 aromatic rings. The van der Waals surface area contributed by atoms with Gasteiger partial charge in [0.25, 0.3) is 5.69 Å². The summed E-state index contributed by atoms with van der Waals surface area (Å²) in [5.74, 6) is 0.745. The van der Waals surface area contributed by atoms with Crippen LogP contribution in [0.5, 0.6) is 5.75 Å². The lowest BCUT2D eigenvalue weighted by molar-refractivity contribution is -0.384. The van der Waals surface area contributed by atoms with Crippen LogP contribution >= 0.6 is 11.6 Å². The lowest BCUT2D eigenvalue weighted by atomic mass is 10.1. The van der Waals surface area contributed by atoms with E-state index in [0.29, 0.717) is 18.2 Å². The average molecular weight is 383 g/mol. The maximum absolute atomic E-state index is 10.7. The first kappa shape index (κ1) is 18.7. The Kier molecular flexibility index (Phi) is 5.94. The van der Waals surface area contributed by atoms with Gasteiger partial charge in [0.05, 0.1) is 4.92 Å². The molecule has 1 N–H and O–H groups in total. The van der Waals surface area contributed by atoms with Crippen molar-refractivity contribution in [3.8, 4) is 5.75 Å². The molecule has 3 rings (SSSR count). The SMILES string of the molecule is Cc1ccc(COc2ccc(Cl)cc2CNc2ccc([N+](=O)[O-])cc2)cc1. The molecule has 0 saturated carbocycles. The predicted octanol–water partition coefficient (Wildman–Crippen LogP) is 5.75. The molecule has 0 aliphatic heterocycles. The number of halogens is 1. The zero-order valence-electron chi connectivity index (χ0n) is 14.8. The van der Waals surface area contributed by atoms with Crippen LogP contribution in [-0.2, 0) is 13.2 Å². The van der Waals surface area contributed by atoms with Crippen LogP contribution in [0.15, 0.2) is 66.7 Å². The number of anilines is 1. The largest absolute Gasteiger partial charge is 0.489 e. The molecule has 0 aromatic heterocycles. The van der Waals surface area contributed by atoms with Crippen molar-refractivity contribution < 1.29 is 9.66 Å². The third-order valence-corrected chi connectivity index (χ3v) is 4.33. The topological polar surface area (TPSA) is 64.4 Å². The molecule has 27 heavy (non-hydrogen) atoms. The van der Waals surface area contributed by atoms with Crippen LogP contribution in [0.25, 0.3) is 0 Å². The zero-order chi connectivity index (χ0) is 19.2. The Morgan fingerprint density at radius 2 is 1.74 bits per heavy atom. The van der Waals surface area contributed by atoms with Crippen LogP contribution in [0, 0.1) is 17.0 Å². The van der Waals surface area contributed by atoms with E-state index in [4.69, 9.17) is 16.3 Å². The lowest BCUT2D eigenvalue weighted by Crippen LogP contribution is -2.04. The second-order valence-corrected chi connectivity index (χ2v) is 6.62. The smallest absolute Gasteiger partial charge is 0.269 e. The molecule has 0 saturated heterocycles. The molecule has 0 bridgehead atoms. The summed E-state index contributed by atoms with van der Waals surface area (Å²) in [5, 5.41) is 14.6. The first-order valence-corrected chi connectivity index (χ1v) is 8.84. The predicted molar refractivity (Wildman–Crippen MR) is 107 cm³/mol. The van der Waals surface area contributed by atoms with E-state index in [-0.39, 0.29) is 5.69 Å². The molecule has 0 amide bonds. The van der Waals surface area contributed by atoms with Gasteiger partial charge in [0, 0.05) is 35.0 Å². The third-order valence-electron chi connectivity index (χ3n) is 4.10. The average Bonchev–Trinajstić information content (AvgIpc) is 2.67. The molecule has 0 unspecified atom stereocenters. The Morgan fingerprint density at radius 1 is 1.04 bits per heavy atom. The fourth-order valence-electron chi connectivity index (χ4n) is 2.57. The van der Waals surface area contributed by atoms with Crippen molar-refractivity contribution in [2.75, 3.05) is 5.32 Å². The summed E-state index contributed by atoms with van der Waals surface area (Å²) in [7, 11) is 0. The van der Waals surface area contributed by atoms with Crippen molar-refractivity contribution in [1.29, 1.82) is 0 Å². The third kappa shape index (κ3) is 5.21. The van der Waals surface area contributed by atoms with E-state index in [1.54, 1.807) is 18.2 Å². The maximum atomic E-state index is 10.7. The molecule has 5 nitrogen and oxygen atoms in total. The number of hydrogen-bond acceptors (Lipinski definition) is 4. The summed E-state index contributed by atoms with van der Waals surface area (Å²) in [4.78, 5) is 10.3. The molecule has 0 aliphatic rings. The normalized spacial score (nSPS) is 10.4. The van der Waals surface area contributed by atoms with E-state index in [9.17, 15) is 10.1 Å². The number of rotatable bonds is 7. The van der Waals surface area contributed by atoms with Crippen molar-refractivity contribution in [3.63, 3.8) is 0 Å². The number of nitro benzene ring substituents is 1. The van der Waals surface area contributed by atoms with Gasteiger partial charge in [0.1, 0.15) is 12.4 Å². The highest BCUT2D eigenvalue weighted by atomic mass is 35.5. The monoisotopic (exact) mass is 382 g/mol. The number of nitrogens with one attached hydrogen (secondary N) is 1. The van der Waals surface area contributed by atoms with Crippen LogP contribution in [-0.4, -0.2) is 4.92 Å². The minimum absolute atomic E-state index is 0.0606. The van der Waals surface area contributed by atoms with Gasteiger partial charge < -0.3 is 10.1 Å². The highest BCUT2D eigenvalue weighted by Crippen LogP contribution is 2.25. The minimum atomic E-state index is -0.419. The fourth-order valence-corrected chi connectivity index (χ4v) is 2.77. The molecule has 138 valence electrons. The van der Waals surface area contributed by atoms with E-state index < -0.39 is 4.92 Å². The summed E-state index contributed by atoms with van der Waals surface area (Å²) in [6.07, 6.45) is 0. The number of hydrogen-bond donors (Lipinski definition) is 1. The van der Waals surface area contributed by atoms with Crippen LogP contribution in [0.1, 0.15) is 16.7 Å². The number of nitrogens with zero attached hydrogens (tertiary/aromatic N) is 1. The minimum Gasteiger partial charge on any atom is -0.489 e. The Hall–Kier alpha value is -3.05. The van der Waals surface area contributed by atoms with E-state index in [1.807, 2.05) is 31.2 Å². The van der Waals surface area contributed by atoms with Crippen molar-refractivity contribution in [1.82, 2.24) is 0 Å². The lowest BCUT2D eigenvalue weighted by Gasteiger charge is -2.14. The van der Waals surface area contributed by atoms with Crippen molar-refractivity contribution >= 4 is 23.0 Å². The van der Waals surface area contributed by atoms with Gasteiger partial charge in [-0.3, -0.25) is 10.1 Å². The molecule has 0 fully saturated rings. The second-order valence-electron chi connectivity index (χ2n) is 6.18. The van der Waals surface area contributed by atoms with Gasteiger partial charge in [-0.15, -0.1) is 0 Å². The number of aryl methyl sites for hydroxylation is 1. The highest BCUT2D eigenvalue weighted by Gasteiger charge is 2.07. The summed E-state index contributed by atoms with van der Waals surface area (Å²) >= 11 is 6.13. The van der Waals surface area contributed by atoms with Crippen molar-refractivity contribution in [2.45, 2.75) is 20.1 Å². The van der Waals surface area contributed by atoms with Crippen LogP contribution < -0.4 is 10.1 Å². The molecular weight excluding hydrogens is 364 g/mol. The van der Waals surface area contributed by atoms with E-state index in [2.05, 4.69) is 17.4 Å². The van der Waals surface area contributed by atoms with Gasteiger partial charge in [-0.1, -0.05) is 41.4 Å². The molecule has 0 heterocycles. The van der Waals surface area contributed by atoms with Crippen molar-refractivity contribution in [3.05, 3.63) is 98.6 Å². The number of ether oxygens (including phenoxy) is 1. The highest BCUT2D eigenvalue weighted by molar-refractivity contribution is 6.30. The van der Waals surface area contributed by atoms with Gasteiger partial charge in [-0.25, -0.2) is 0 Å².